The molecule has 0 atom stereocenters. The second kappa shape index (κ2) is 11.0. The molecule has 0 aliphatic carbocycles. The fourth-order valence-corrected chi connectivity index (χ4v) is 2.76. The van der Waals surface area contributed by atoms with Crippen LogP contribution in [-0.2, 0) is 11.2 Å². The average molecular weight is 367 g/mol. The van der Waals surface area contributed by atoms with Crippen molar-refractivity contribution in [1.29, 1.82) is 0 Å². The minimum Gasteiger partial charge on any atom is -0.484 e. The quantitative estimate of drug-likeness (QED) is 0.510. The van der Waals surface area contributed by atoms with Crippen molar-refractivity contribution in [2.45, 2.75) is 33.6 Å². The Morgan fingerprint density at radius 2 is 1.70 bits per heavy atom. The molecule has 0 saturated heterocycles. The molecule has 0 heterocycles. The SMILES string of the molecule is CCCc1ccc(OCC(=O)NN=Cc2ccc(N(CC)CC)cc2)cc1. The molecule has 5 heteroatoms. The van der Waals surface area contributed by atoms with E-state index in [1.54, 1.807) is 6.21 Å². The topological polar surface area (TPSA) is 53.9 Å². The van der Waals surface area contributed by atoms with Crippen molar-refractivity contribution >= 4 is 17.8 Å². The van der Waals surface area contributed by atoms with Gasteiger partial charge in [0.05, 0.1) is 6.21 Å². The van der Waals surface area contributed by atoms with Gasteiger partial charge in [-0.05, 0) is 55.7 Å². The Balaban J connectivity index is 1.77. The monoisotopic (exact) mass is 367 g/mol. The zero-order chi connectivity index (χ0) is 19.5. The number of benzene rings is 2. The fraction of sp³-hybridized carbons (Fsp3) is 0.364. The van der Waals surface area contributed by atoms with Crippen LogP contribution in [0.4, 0.5) is 5.69 Å². The third kappa shape index (κ3) is 6.77. The Labute approximate surface area is 162 Å². The third-order valence-electron chi connectivity index (χ3n) is 4.26. The van der Waals surface area contributed by atoms with Gasteiger partial charge in [-0.25, -0.2) is 5.43 Å². The van der Waals surface area contributed by atoms with Gasteiger partial charge in [0.1, 0.15) is 5.75 Å². The highest BCUT2D eigenvalue weighted by atomic mass is 16.5. The van der Waals surface area contributed by atoms with Crippen LogP contribution < -0.4 is 15.1 Å². The first-order valence-electron chi connectivity index (χ1n) is 9.54. The summed E-state index contributed by atoms with van der Waals surface area (Å²) >= 11 is 0. The second-order valence-corrected chi connectivity index (χ2v) is 6.24. The zero-order valence-corrected chi connectivity index (χ0v) is 16.4. The number of carbonyl (C=O) groups excluding carboxylic acids is 1. The first-order valence-corrected chi connectivity index (χ1v) is 9.54. The van der Waals surface area contributed by atoms with Crippen molar-refractivity contribution in [2.24, 2.45) is 5.10 Å². The number of amides is 1. The summed E-state index contributed by atoms with van der Waals surface area (Å²) in [4.78, 5) is 14.1. The number of hydrogen-bond donors (Lipinski definition) is 1. The Hall–Kier alpha value is -2.82. The Bertz CT molecular complexity index is 720. The number of hydrogen-bond acceptors (Lipinski definition) is 4. The van der Waals surface area contributed by atoms with Crippen LogP contribution in [0, 0.1) is 0 Å². The van der Waals surface area contributed by atoms with Gasteiger partial charge in [-0.1, -0.05) is 37.6 Å². The van der Waals surface area contributed by atoms with Crippen LogP contribution in [0.1, 0.15) is 38.3 Å². The minimum absolute atomic E-state index is 0.0641. The predicted molar refractivity (Wildman–Crippen MR) is 112 cm³/mol. The number of carbonyl (C=O) groups is 1. The predicted octanol–water partition coefficient (Wildman–Crippen LogP) is 4.01. The van der Waals surface area contributed by atoms with Crippen LogP contribution in [0.3, 0.4) is 0 Å². The number of anilines is 1. The summed E-state index contributed by atoms with van der Waals surface area (Å²) in [6, 6.07) is 15.9. The summed E-state index contributed by atoms with van der Waals surface area (Å²) in [6.45, 7) is 8.30. The van der Waals surface area contributed by atoms with Crippen molar-refractivity contribution in [3.8, 4) is 5.75 Å². The molecule has 2 rings (SSSR count). The van der Waals surface area contributed by atoms with E-state index in [9.17, 15) is 4.79 Å². The van der Waals surface area contributed by atoms with E-state index < -0.39 is 0 Å². The van der Waals surface area contributed by atoms with Crippen LogP contribution in [-0.4, -0.2) is 31.8 Å². The van der Waals surface area contributed by atoms with Crippen molar-refractivity contribution in [3.05, 3.63) is 59.7 Å². The largest absolute Gasteiger partial charge is 0.484 e. The van der Waals surface area contributed by atoms with Gasteiger partial charge in [0, 0.05) is 18.8 Å². The van der Waals surface area contributed by atoms with Gasteiger partial charge in [0.2, 0.25) is 0 Å². The van der Waals surface area contributed by atoms with Gasteiger partial charge in [0.25, 0.3) is 5.91 Å². The van der Waals surface area contributed by atoms with E-state index in [4.69, 9.17) is 4.74 Å². The molecule has 144 valence electrons. The summed E-state index contributed by atoms with van der Waals surface area (Å²) in [5, 5.41) is 3.99. The van der Waals surface area contributed by atoms with Crippen LogP contribution >= 0.6 is 0 Å². The van der Waals surface area contributed by atoms with Gasteiger partial charge in [-0.2, -0.15) is 5.10 Å². The molecule has 2 aromatic rings. The van der Waals surface area contributed by atoms with Crippen LogP contribution in [0.2, 0.25) is 0 Å². The number of nitrogens with one attached hydrogen (secondary N) is 1. The van der Waals surface area contributed by atoms with E-state index in [2.05, 4.69) is 48.3 Å². The molecule has 0 fully saturated rings. The maximum atomic E-state index is 11.8. The molecule has 0 aliphatic rings. The van der Waals surface area contributed by atoms with Gasteiger partial charge in [-0.3, -0.25) is 4.79 Å². The maximum absolute atomic E-state index is 11.8. The summed E-state index contributed by atoms with van der Waals surface area (Å²) in [6.07, 6.45) is 3.79. The molecule has 0 radical (unpaired) electrons. The molecule has 0 aromatic heterocycles. The van der Waals surface area contributed by atoms with Gasteiger partial charge >= 0.3 is 0 Å². The first kappa shape index (κ1) is 20.5. The van der Waals surface area contributed by atoms with Crippen LogP contribution in [0.15, 0.2) is 53.6 Å². The molecule has 2 aromatic carbocycles. The molecule has 1 amide bonds. The fourth-order valence-electron chi connectivity index (χ4n) is 2.76. The summed E-state index contributed by atoms with van der Waals surface area (Å²) in [5.74, 6) is 0.393. The van der Waals surface area contributed by atoms with Gasteiger partial charge in [0.15, 0.2) is 6.61 Å². The van der Waals surface area contributed by atoms with Gasteiger partial charge < -0.3 is 9.64 Å². The molecule has 1 N–H and O–H groups in total. The summed E-state index contributed by atoms with van der Waals surface area (Å²) in [7, 11) is 0. The zero-order valence-electron chi connectivity index (χ0n) is 16.4. The normalized spacial score (nSPS) is 10.8. The Morgan fingerprint density at radius 3 is 2.30 bits per heavy atom. The summed E-state index contributed by atoms with van der Waals surface area (Å²) in [5.41, 5.74) is 5.87. The van der Waals surface area contributed by atoms with E-state index in [0.717, 1.165) is 31.5 Å². The average Bonchev–Trinajstić information content (AvgIpc) is 2.70. The highest BCUT2D eigenvalue weighted by Crippen LogP contribution is 2.14. The molecular formula is C22H29N3O2. The number of ether oxygens (including phenoxy) is 1. The lowest BCUT2D eigenvalue weighted by Gasteiger charge is -2.20. The second-order valence-electron chi connectivity index (χ2n) is 6.24. The molecule has 0 bridgehead atoms. The van der Waals surface area contributed by atoms with E-state index >= 15 is 0 Å². The molecule has 0 aliphatic heterocycles. The smallest absolute Gasteiger partial charge is 0.277 e. The van der Waals surface area contributed by atoms with E-state index in [-0.39, 0.29) is 12.5 Å². The number of rotatable bonds is 10. The highest BCUT2D eigenvalue weighted by Gasteiger charge is 2.02. The molecule has 5 nitrogen and oxygen atoms in total. The lowest BCUT2D eigenvalue weighted by atomic mass is 10.1. The molecule has 0 spiro atoms. The molecule has 0 saturated carbocycles. The maximum Gasteiger partial charge on any atom is 0.277 e. The highest BCUT2D eigenvalue weighted by molar-refractivity contribution is 5.83. The Kier molecular flexibility index (Phi) is 8.36. The minimum atomic E-state index is -0.288. The molecule has 0 unspecified atom stereocenters. The van der Waals surface area contributed by atoms with Crippen LogP contribution in [0.25, 0.3) is 0 Å². The summed E-state index contributed by atoms with van der Waals surface area (Å²) < 4.78 is 5.48. The molecular weight excluding hydrogens is 338 g/mol. The van der Waals surface area contributed by atoms with Gasteiger partial charge in [-0.15, -0.1) is 0 Å². The standard InChI is InChI=1S/C22H29N3O2/c1-4-7-18-10-14-21(15-11-18)27-17-22(26)24-23-16-19-8-12-20(13-9-19)25(5-2)6-3/h8-16H,4-7,17H2,1-3H3,(H,24,26). The van der Waals surface area contributed by atoms with Crippen LogP contribution in [0.5, 0.6) is 5.75 Å². The van der Waals surface area contributed by atoms with Crippen molar-refractivity contribution < 1.29 is 9.53 Å². The van der Waals surface area contributed by atoms with E-state index in [1.807, 2.05) is 36.4 Å². The van der Waals surface area contributed by atoms with E-state index in [1.165, 1.54) is 11.3 Å². The number of hydrazone groups is 1. The van der Waals surface area contributed by atoms with Crippen molar-refractivity contribution in [2.75, 3.05) is 24.6 Å². The first-order chi connectivity index (χ1) is 13.2. The number of nitrogens with zero attached hydrogens (tertiary/aromatic N) is 2. The number of aryl methyl sites for hydroxylation is 1. The van der Waals surface area contributed by atoms with E-state index in [0.29, 0.717) is 5.75 Å². The van der Waals surface area contributed by atoms with Crippen molar-refractivity contribution in [3.63, 3.8) is 0 Å². The van der Waals surface area contributed by atoms with Crippen molar-refractivity contribution in [1.82, 2.24) is 5.43 Å². The Morgan fingerprint density at radius 1 is 1.04 bits per heavy atom. The third-order valence-corrected chi connectivity index (χ3v) is 4.26. The lowest BCUT2D eigenvalue weighted by molar-refractivity contribution is -0.123. The molecule has 27 heavy (non-hydrogen) atoms. The lowest BCUT2D eigenvalue weighted by Crippen LogP contribution is -2.24.